The molecule has 0 fully saturated rings. The maximum atomic E-state index is 7.08. The second kappa shape index (κ2) is 2.62. The first-order valence-electron chi connectivity index (χ1n) is 4.02. The molecular weight excluding hydrogens is 203 g/mol. The molecule has 0 N–H and O–H groups in total. The first-order valence-corrected chi connectivity index (χ1v) is 3.19. The molecule has 0 aliphatic carbocycles. The highest BCUT2D eigenvalue weighted by atomic mass is 79.9. The zero-order chi connectivity index (χ0) is 10.2. The van der Waals surface area contributed by atoms with E-state index in [1.165, 1.54) is 0 Å². The van der Waals surface area contributed by atoms with Crippen molar-refractivity contribution in [3.05, 3.63) is 21.6 Å². The van der Waals surface area contributed by atoms with Crippen molar-refractivity contribution < 1.29 is 5.48 Å². The lowest BCUT2D eigenvalue weighted by Gasteiger charge is -1.94. The van der Waals surface area contributed by atoms with Crippen molar-refractivity contribution in [1.82, 2.24) is 9.97 Å². The second-order valence-electron chi connectivity index (χ2n) is 1.28. The Hall–Kier alpha value is -0.150. The summed E-state index contributed by atoms with van der Waals surface area (Å²) in [6.45, 7) is -2.39. The largest absolute Gasteiger partial charge is 0.240 e. The molecule has 48 valence electrons. The molecule has 1 aromatic heterocycles. The maximum Gasteiger partial charge on any atom is 0.146 e. The summed E-state index contributed by atoms with van der Waals surface area (Å²) in [4.78, 5) is 6.94. The average Bonchev–Trinajstić information content (AvgIpc) is 1.94. The Balaban J connectivity index is 3.37. The number of nitrogens with zero attached hydrogens (tertiary/aromatic N) is 2. The number of hydrogen-bond acceptors (Lipinski definition) is 2. The predicted molar refractivity (Wildman–Crippen MR) is 39.5 cm³/mol. The van der Waals surface area contributed by atoms with Crippen molar-refractivity contribution >= 4 is 27.5 Å². The average molecular weight is 211 g/mol. The number of halogens is 2. The Morgan fingerprint density at radius 2 is 2.67 bits per heavy atom. The van der Waals surface area contributed by atoms with Crippen molar-refractivity contribution in [1.29, 1.82) is 0 Å². The molecule has 2 nitrogen and oxygen atoms in total. The lowest BCUT2D eigenvalue weighted by Crippen LogP contribution is -1.85. The van der Waals surface area contributed by atoms with Crippen molar-refractivity contribution in [3.63, 3.8) is 0 Å². The molecule has 0 spiro atoms. The van der Waals surface area contributed by atoms with Gasteiger partial charge in [-0.2, -0.15) is 0 Å². The standard InChI is InChI=1S/C5H4BrClN2/c1-3-4(6)5(7)9-2-8-3/h2H,1H3/i1D3,2D. The minimum absolute atomic E-state index is 0.0638. The van der Waals surface area contributed by atoms with Gasteiger partial charge in [0.05, 0.1) is 10.2 Å². The summed E-state index contributed by atoms with van der Waals surface area (Å²) < 4.78 is 28.4. The van der Waals surface area contributed by atoms with Crippen LogP contribution in [0.5, 0.6) is 0 Å². The molecule has 1 aromatic rings. The van der Waals surface area contributed by atoms with Gasteiger partial charge in [-0.15, -0.1) is 0 Å². The molecule has 0 bridgehead atoms. The lowest BCUT2D eigenvalue weighted by atomic mass is 10.5. The SMILES string of the molecule is [2H]c1nc(Cl)c(Br)c(C([2H])([2H])[2H])n1. The summed E-state index contributed by atoms with van der Waals surface area (Å²) >= 11 is 8.51. The van der Waals surface area contributed by atoms with Crippen LogP contribution in [0.2, 0.25) is 5.15 Å². The smallest absolute Gasteiger partial charge is 0.146 e. The van der Waals surface area contributed by atoms with Gasteiger partial charge in [-0.1, -0.05) is 11.6 Å². The molecule has 0 aromatic carbocycles. The lowest BCUT2D eigenvalue weighted by molar-refractivity contribution is 1.08. The van der Waals surface area contributed by atoms with E-state index < -0.39 is 13.2 Å². The van der Waals surface area contributed by atoms with E-state index in [-0.39, 0.29) is 15.3 Å². The van der Waals surface area contributed by atoms with Crippen LogP contribution in [0, 0.1) is 6.85 Å². The van der Waals surface area contributed by atoms with E-state index in [1.54, 1.807) is 0 Å². The van der Waals surface area contributed by atoms with E-state index in [9.17, 15) is 0 Å². The summed E-state index contributed by atoms with van der Waals surface area (Å²) in [7, 11) is 0. The van der Waals surface area contributed by atoms with Gasteiger partial charge >= 0.3 is 0 Å². The summed E-state index contributed by atoms with van der Waals surface area (Å²) in [5, 5.41) is -0.0638. The minimum atomic E-state index is -2.39. The third kappa shape index (κ3) is 1.40. The van der Waals surface area contributed by atoms with Gasteiger partial charge in [0.15, 0.2) is 0 Å². The quantitative estimate of drug-likeness (QED) is 0.615. The Morgan fingerprint density at radius 3 is 3.33 bits per heavy atom. The molecular formula is C5H4BrClN2. The minimum Gasteiger partial charge on any atom is -0.240 e. The fourth-order valence-corrected chi connectivity index (χ4v) is 0.619. The summed E-state index contributed by atoms with van der Waals surface area (Å²) in [5.41, 5.74) is -0.238. The number of rotatable bonds is 0. The van der Waals surface area contributed by atoms with Crippen LogP contribution in [-0.2, 0) is 0 Å². The van der Waals surface area contributed by atoms with Crippen molar-refractivity contribution in [2.45, 2.75) is 6.85 Å². The van der Waals surface area contributed by atoms with Crippen LogP contribution in [0.15, 0.2) is 10.8 Å². The molecule has 0 atom stereocenters. The first kappa shape index (κ1) is 3.30. The van der Waals surface area contributed by atoms with Crippen LogP contribution in [0.4, 0.5) is 0 Å². The fraction of sp³-hybridized carbons (Fsp3) is 0.200. The molecule has 1 heterocycles. The molecule has 1 rings (SSSR count). The normalized spacial score (nSPS) is 17.6. The number of aryl methyl sites for hydroxylation is 1. The summed E-state index contributed by atoms with van der Waals surface area (Å²) in [5.74, 6) is 0. The Kier molecular flexibility index (Phi) is 0.963. The van der Waals surface area contributed by atoms with Crippen LogP contribution in [0.25, 0.3) is 0 Å². The Labute approximate surface area is 72.0 Å². The molecule has 0 amide bonds. The molecule has 0 radical (unpaired) electrons. The summed E-state index contributed by atoms with van der Waals surface area (Å²) in [6, 6.07) is 0. The Bertz CT molecular complexity index is 340. The van der Waals surface area contributed by atoms with Crippen LogP contribution in [0.1, 0.15) is 11.2 Å². The van der Waals surface area contributed by atoms with Crippen LogP contribution < -0.4 is 0 Å². The molecule has 0 aliphatic rings. The van der Waals surface area contributed by atoms with Crippen LogP contribution in [-0.4, -0.2) is 9.97 Å². The van der Waals surface area contributed by atoms with Crippen molar-refractivity contribution in [2.24, 2.45) is 0 Å². The third-order valence-corrected chi connectivity index (χ3v) is 1.95. The van der Waals surface area contributed by atoms with Gasteiger partial charge in [-0.05, 0) is 22.8 Å². The van der Waals surface area contributed by atoms with E-state index in [2.05, 4.69) is 25.9 Å². The van der Waals surface area contributed by atoms with E-state index in [4.69, 9.17) is 17.1 Å². The zero-order valence-corrected chi connectivity index (χ0v) is 6.49. The maximum absolute atomic E-state index is 7.08. The van der Waals surface area contributed by atoms with E-state index in [1.807, 2.05) is 0 Å². The van der Waals surface area contributed by atoms with Crippen molar-refractivity contribution in [3.8, 4) is 0 Å². The van der Waals surface area contributed by atoms with Crippen LogP contribution >= 0.6 is 27.5 Å². The van der Waals surface area contributed by atoms with E-state index in [0.717, 1.165) is 0 Å². The second-order valence-corrected chi connectivity index (χ2v) is 2.43. The number of aromatic nitrogens is 2. The zero-order valence-electron chi connectivity index (χ0n) is 8.15. The monoisotopic (exact) mass is 210 g/mol. The molecule has 0 saturated carbocycles. The van der Waals surface area contributed by atoms with E-state index >= 15 is 0 Å². The molecule has 4 heteroatoms. The van der Waals surface area contributed by atoms with E-state index in [0.29, 0.717) is 0 Å². The highest BCUT2D eigenvalue weighted by molar-refractivity contribution is 9.10. The van der Waals surface area contributed by atoms with Gasteiger partial charge in [0, 0.05) is 4.11 Å². The molecule has 0 unspecified atom stereocenters. The molecule has 0 aliphatic heterocycles. The van der Waals surface area contributed by atoms with Gasteiger partial charge in [0.1, 0.15) is 12.8 Å². The number of hydrogen-bond donors (Lipinski definition) is 0. The highest BCUT2D eigenvalue weighted by Gasteiger charge is 1.99. The third-order valence-electron chi connectivity index (χ3n) is 0.699. The molecule has 9 heavy (non-hydrogen) atoms. The first-order chi connectivity index (χ1) is 5.82. The van der Waals surface area contributed by atoms with Crippen LogP contribution in [0.3, 0.4) is 0 Å². The summed E-state index contributed by atoms with van der Waals surface area (Å²) in [6.07, 6.45) is -0.403. The predicted octanol–water partition coefficient (Wildman–Crippen LogP) is 2.20. The Morgan fingerprint density at radius 1 is 1.89 bits per heavy atom. The van der Waals surface area contributed by atoms with Gasteiger partial charge in [0.2, 0.25) is 0 Å². The highest BCUT2D eigenvalue weighted by Crippen LogP contribution is 2.20. The van der Waals surface area contributed by atoms with Gasteiger partial charge in [-0.25, -0.2) is 9.97 Å². The van der Waals surface area contributed by atoms with Crippen molar-refractivity contribution in [2.75, 3.05) is 0 Å². The van der Waals surface area contributed by atoms with Gasteiger partial charge in [-0.3, -0.25) is 0 Å². The fourth-order valence-electron chi connectivity index (χ4n) is 0.315. The van der Waals surface area contributed by atoms with Gasteiger partial charge < -0.3 is 0 Å². The van der Waals surface area contributed by atoms with Gasteiger partial charge in [0.25, 0.3) is 0 Å². The topological polar surface area (TPSA) is 25.8 Å². The molecule has 0 saturated heterocycles.